The van der Waals surface area contributed by atoms with Crippen molar-refractivity contribution in [1.82, 2.24) is 14.8 Å². The summed E-state index contributed by atoms with van der Waals surface area (Å²) >= 11 is 10.3. The minimum atomic E-state index is 0.509. The quantitative estimate of drug-likeness (QED) is 0.513. The van der Waals surface area contributed by atoms with Gasteiger partial charge < -0.3 is 0 Å². The number of halogens is 3. The van der Waals surface area contributed by atoms with Gasteiger partial charge in [0.1, 0.15) is 8.85 Å². The van der Waals surface area contributed by atoms with Crippen molar-refractivity contribution in [2.24, 2.45) is 0 Å². The maximum atomic E-state index is 5.92. The summed E-state index contributed by atoms with van der Waals surface area (Å²) in [5.74, 6) is 0. The van der Waals surface area contributed by atoms with Crippen LogP contribution in [0.2, 0.25) is 5.15 Å². The molecule has 2 heterocycles. The van der Waals surface area contributed by atoms with Gasteiger partial charge in [-0.2, -0.15) is 5.10 Å². The van der Waals surface area contributed by atoms with E-state index in [9.17, 15) is 0 Å². The molecule has 2 aromatic rings. The highest BCUT2D eigenvalue weighted by Gasteiger charge is 2.09. The molecule has 0 atom stereocenters. The minimum Gasteiger partial charge on any atom is -0.243 e. The van der Waals surface area contributed by atoms with Crippen LogP contribution in [-0.4, -0.2) is 14.8 Å². The molecular formula is C8H4ClI2N3. The summed E-state index contributed by atoms with van der Waals surface area (Å²) in [6.07, 6.45) is 3.43. The minimum absolute atomic E-state index is 0.509. The second-order valence-electron chi connectivity index (χ2n) is 2.50. The van der Waals surface area contributed by atoms with Gasteiger partial charge in [-0.3, -0.25) is 0 Å². The van der Waals surface area contributed by atoms with Crippen molar-refractivity contribution < 1.29 is 0 Å². The van der Waals surface area contributed by atoms with Crippen LogP contribution in [0.5, 0.6) is 0 Å². The van der Waals surface area contributed by atoms with Gasteiger partial charge in [-0.05, 0) is 57.3 Å². The molecule has 0 fully saturated rings. The fraction of sp³-hybridized carbons (Fsp3) is 0. The van der Waals surface area contributed by atoms with Crippen LogP contribution >= 0.6 is 56.8 Å². The van der Waals surface area contributed by atoms with E-state index in [4.69, 9.17) is 11.6 Å². The summed E-state index contributed by atoms with van der Waals surface area (Å²) in [5.41, 5.74) is 0.958. The Bertz CT molecular complexity index is 469. The first-order chi connectivity index (χ1) is 6.70. The second-order valence-corrected chi connectivity index (χ2v) is 5.04. The Morgan fingerprint density at radius 2 is 2.00 bits per heavy atom. The molecule has 0 aliphatic heterocycles. The highest BCUT2D eigenvalue weighted by atomic mass is 127. The molecular weight excluding hydrogens is 427 g/mol. The number of rotatable bonds is 1. The normalized spacial score (nSPS) is 10.5. The maximum absolute atomic E-state index is 5.92. The lowest BCUT2D eigenvalue weighted by Gasteiger charge is -2.06. The van der Waals surface area contributed by atoms with Crippen molar-refractivity contribution in [3.63, 3.8) is 0 Å². The smallest absolute Gasteiger partial charge is 0.144 e. The van der Waals surface area contributed by atoms with E-state index >= 15 is 0 Å². The van der Waals surface area contributed by atoms with Crippen molar-refractivity contribution in [2.45, 2.75) is 0 Å². The van der Waals surface area contributed by atoms with E-state index in [-0.39, 0.29) is 0 Å². The van der Waals surface area contributed by atoms with Crippen LogP contribution < -0.4 is 0 Å². The van der Waals surface area contributed by atoms with Crippen LogP contribution in [0.3, 0.4) is 0 Å². The average molecular weight is 431 g/mol. The Hall–Kier alpha value is 0.110. The molecule has 0 aliphatic carbocycles. The highest BCUT2D eigenvalue weighted by Crippen LogP contribution is 2.23. The van der Waals surface area contributed by atoms with E-state index in [2.05, 4.69) is 55.3 Å². The molecule has 0 unspecified atom stereocenters. The van der Waals surface area contributed by atoms with E-state index in [1.807, 2.05) is 16.8 Å². The topological polar surface area (TPSA) is 30.7 Å². The first-order valence-electron chi connectivity index (χ1n) is 3.70. The van der Waals surface area contributed by atoms with Gasteiger partial charge in [0.15, 0.2) is 0 Å². The van der Waals surface area contributed by atoms with Gasteiger partial charge in [0.2, 0.25) is 0 Å². The van der Waals surface area contributed by atoms with E-state index in [0.29, 0.717) is 5.15 Å². The third-order valence-corrected chi connectivity index (χ3v) is 4.14. The molecule has 0 bridgehead atoms. The number of hydrogen-bond donors (Lipinski definition) is 0. The molecule has 6 heteroatoms. The van der Waals surface area contributed by atoms with Gasteiger partial charge >= 0.3 is 0 Å². The SMILES string of the molecule is Clc1nccc(-n2nccc2I)c1I. The fourth-order valence-electron chi connectivity index (χ4n) is 1.04. The van der Waals surface area contributed by atoms with Gasteiger partial charge in [-0.15, -0.1) is 0 Å². The maximum Gasteiger partial charge on any atom is 0.144 e. The number of pyridine rings is 1. The lowest BCUT2D eigenvalue weighted by atomic mass is 10.4. The fourth-order valence-corrected chi connectivity index (χ4v) is 2.28. The molecule has 14 heavy (non-hydrogen) atoms. The predicted molar refractivity (Wildman–Crippen MR) is 71.8 cm³/mol. The number of nitrogens with zero attached hydrogens (tertiary/aromatic N) is 3. The molecule has 0 radical (unpaired) electrons. The summed E-state index contributed by atoms with van der Waals surface area (Å²) in [6.45, 7) is 0. The third-order valence-electron chi connectivity index (χ3n) is 1.65. The Labute approximate surface area is 113 Å². The molecule has 0 aromatic carbocycles. The van der Waals surface area contributed by atoms with Gasteiger partial charge in [0.25, 0.3) is 0 Å². The molecule has 0 saturated carbocycles. The molecule has 2 rings (SSSR count). The van der Waals surface area contributed by atoms with Crippen LogP contribution in [0, 0.1) is 7.27 Å². The summed E-state index contributed by atoms with van der Waals surface area (Å²) in [4.78, 5) is 3.99. The van der Waals surface area contributed by atoms with Crippen molar-refractivity contribution in [3.05, 3.63) is 37.0 Å². The molecule has 2 aromatic heterocycles. The van der Waals surface area contributed by atoms with Crippen molar-refractivity contribution in [3.8, 4) is 5.69 Å². The predicted octanol–water partition coefficient (Wildman–Crippen LogP) is 3.13. The highest BCUT2D eigenvalue weighted by molar-refractivity contribution is 14.1. The van der Waals surface area contributed by atoms with Crippen LogP contribution in [0.1, 0.15) is 0 Å². The first kappa shape index (κ1) is 10.6. The van der Waals surface area contributed by atoms with Crippen molar-refractivity contribution in [2.75, 3.05) is 0 Å². The molecule has 3 nitrogen and oxygen atoms in total. The average Bonchev–Trinajstić information content (AvgIpc) is 2.57. The largest absolute Gasteiger partial charge is 0.243 e. The molecule has 0 amide bonds. The standard InChI is InChI=1S/C8H4ClI2N3/c9-8-7(11)5(1-3-12-8)14-6(10)2-4-13-14/h1-4H. The zero-order valence-corrected chi connectivity index (χ0v) is 11.9. The van der Waals surface area contributed by atoms with E-state index in [0.717, 1.165) is 13.0 Å². The zero-order valence-electron chi connectivity index (χ0n) is 6.78. The van der Waals surface area contributed by atoms with Crippen LogP contribution in [-0.2, 0) is 0 Å². The van der Waals surface area contributed by atoms with E-state index in [1.54, 1.807) is 12.4 Å². The first-order valence-corrected chi connectivity index (χ1v) is 6.23. The third kappa shape index (κ3) is 1.89. The Morgan fingerprint density at radius 3 is 2.64 bits per heavy atom. The lowest BCUT2D eigenvalue weighted by Crippen LogP contribution is -2.01. The Kier molecular flexibility index (Phi) is 3.27. The van der Waals surface area contributed by atoms with Crippen LogP contribution in [0.25, 0.3) is 5.69 Å². The summed E-state index contributed by atoms with van der Waals surface area (Å²) < 4.78 is 3.78. The van der Waals surface area contributed by atoms with Gasteiger partial charge in [0.05, 0.1) is 15.5 Å². The van der Waals surface area contributed by atoms with E-state index < -0.39 is 0 Å². The summed E-state index contributed by atoms with van der Waals surface area (Å²) in [6, 6.07) is 3.83. The number of aromatic nitrogens is 3. The monoisotopic (exact) mass is 431 g/mol. The number of hydrogen-bond acceptors (Lipinski definition) is 2. The molecule has 0 saturated heterocycles. The molecule has 72 valence electrons. The Balaban J connectivity index is 2.63. The zero-order chi connectivity index (χ0) is 10.1. The second kappa shape index (κ2) is 4.31. The lowest BCUT2D eigenvalue weighted by molar-refractivity contribution is 0.851. The van der Waals surface area contributed by atoms with Gasteiger partial charge in [-0.25, -0.2) is 9.67 Å². The molecule has 0 spiro atoms. The summed E-state index contributed by atoms with van der Waals surface area (Å²) in [7, 11) is 0. The van der Waals surface area contributed by atoms with Gasteiger partial charge in [0, 0.05) is 6.20 Å². The molecule has 0 aliphatic rings. The van der Waals surface area contributed by atoms with Crippen molar-refractivity contribution >= 4 is 56.8 Å². The Morgan fingerprint density at radius 1 is 1.21 bits per heavy atom. The van der Waals surface area contributed by atoms with Crippen molar-refractivity contribution in [1.29, 1.82) is 0 Å². The summed E-state index contributed by atoms with van der Waals surface area (Å²) in [5, 5.41) is 4.71. The molecule has 0 N–H and O–H groups in total. The van der Waals surface area contributed by atoms with Crippen LogP contribution in [0.4, 0.5) is 0 Å². The van der Waals surface area contributed by atoms with Gasteiger partial charge in [-0.1, -0.05) is 11.6 Å². The van der Waals surface area contributed by atoms with Crippen LogP contribution in [0.15, 0.2) is 24.5 Å². The van der Waals surface area contributed by atoms with E-state index in [1.165, 1.54) is 0 Å².